The van der Waals surface area contributed by atoms with Gasteiger partial charge in [0.1, 0.15) is 0 Å². The first-order chi connectivity index (χ1) is 5.04. The van der Waals surface area contributed by atoms with Crippen molar-refractivity contribution in [1.82, 2.24) is 10.6 Å². The fourth-order valence-corrected chi connectivity index (χ4v) is 0.636. The van der Waals surface area contributed by atoms with E-state index in [1.807, 2.05) is 5.32 Å². The summed E-state index contributed by atoms with van der Waals surface area (Å²) in [5.41, 5.74) is 5.20. The number of nitrogens with one attached hydrogen (secondary N) is 2. The van der Waals surface area contributed by atoms with Crippen molar-refractivity contribution >= 4 is 11.9 Å². The zero-order valence-electron chi connectivity index (χ0n) is 5.50. The van der Waals surface area contributed by atoms with E-state index in [-0.39, 0.29) is 0 Å². The van der Waals surface area contributed by atoms with Gasteiger partial charge in [0.2, 0.25) is 5.91 Å². The number of carboxylic acid groups (broad SMARTS) is 1. The van der Waals surface area contributed by atoms with Gasteiger partial charge >= 0.3 is 5.97 Å². The standard InChI is InChI=1S/C5H7N3O3/c6-5(4(10)11)7-2-1-3(9)8-5/h1-2,7H,6H2,(H,8,9)(H,10,11). The van der Waals surface area contributed by atoms with Gasteiger partial charge in [-0.25, -0.2) is 4.79 Å². The Kier molecular flexibility index (Phi) is 1.54. The lowest BCUT2D eigenvalue weighted by atomic mass is 10.3. The van der Waals surface area contributed by atoms with Crippen LogP contribution in [0, 0.1) is 0 Å². The molecule has 0 fully saturated rings. The summed E-state index contributed by atoms with van der Waals surface area (Å²) in [4.78, 5) is 21.0. The molecule has 0 aromatic carbocycles. The molecule has 0 bridgehead atoms. The molecule has 1 rings (SSSR count). The second kappa shape index (κ2) is 2.24. The Morgan fingerprint density at radius 3 is 2.73 bits per heavy atom. The van der Waals surface area contributed by atoms with E-state index in [9.17, 15) is 9.59 Å². The van der Waals surface area contributed by atoms with Crippen LogP contribution in [-0.2, 0) is 9.59 Å². The first kappa shape index (κ1) is 7.55. The molecular formula is C5H7N3O3. The normalized spacial score (nSPS) is 29.0. The summed E-state index contributed by atoms with van der Waals surface area (Å²) >= 11 is 0. The summed E-state index contributed by atoms with van der Waals surface area (Å²) in [7, 11) is 0. The van der Waals surface area contributed by atoms with Gasteiger partial charge < -0.3 is 15.7 Å². The fourth-order valence-electron chi connectivity index (χ4n) is 0.636. The maximum atomic E-state index is 10.6. The third kappa shape index (κ3) is 1.30. The minimum Gasteiger partial charge on any atom is -0.477 e. The Morgan fingerprint density at radius 1 is 1.73 bits per heavy atom. The molecule has 0 spiro atoms. The summed E-state index contributed by atoms with van der Waals surface area (Å²) in [6.07, 6.45) is 2.33. The molecule has 0 aromatic heterocycles. The van der Waals surface area contributed by atoms with Crippen LogP contribution < -0.4 is 16.4 Å². The summed E-state index contributed by atoms with van der Waals surface area (Å²) < 4.78 is 0. The summed E-state index contributed by atoms with van der Waals surface area (Å²) in [6, 6.07) is 0. The van der Waals surface area contributed by atoms with E-state index < -0.39 is 17.7 Å². The number of carbonyl (C=O) groups excluding carboxylic acids is 1. The van der Waals surface area contributed by atoms with Crippen LogP contribution in [-0.4, -0.2) is 22.8 Å². The number of carbonyl (C=O) groups is 2. The smallest absolute Gasteiger partial charge is 0.366 e. The number of hydrogen-bond donors (Lipinski definition) is 4. The van der Waals surface area contributed by atoms with Crippen LogP contribution in [0.5, 0.6) is 0 Å². The van der Waals surface area contributed by atoms with E-state index in [4.69, 9.17) is 10.8 Å². The fraction of sp³-hybridized carbons (Fsp3) is 0.200. The molecule has 0 aromatic rings. The molecule has 0 radical (unpaired) electrons. The highest BCUT2D eigenvalue weighted by atomic mass is 16.4. The Labute approximate surface area is 62.1 Å². The molecule has 1 atom stereocenters. The van der Waals surface area contributed by atoms with E-state index in [0.29, 0.717) is 0 Å². The zero-order valence-corrected chi connectivity index (χ0v) is 5.50. The molecule has 0 saturated heterocycles. The van der Waals surface area contributed by atoms with Crippen LogP contribution in [0.15, 0.2) is 12.3 Å². The number of hydrogen-bond acceptors (Lipinski definition) is 4. The molecule has 1 amide bonds. The molecular weight excluding hydrogens is 150 g/mol. The van der Waals surface area contributed by atoms with Gasteiger partial charge in [0, 0.05) is 12.3 Å². The first-order valence-electron chi connectivity index (χ1n) is 2.83. The maximum Gasteiger partial charge on any atom is 0.366 e. The number of carboxylic acids is 1. The van der Waals surface area contributed by atoms with Crippen molar-refractivity contribution in [3.05, 3.63) is 12.3 Å². The Bertz CT molecular complexity index is 237. The summed E-state index contributed by atoms with van der Waals surface area (Å²) in [5, 5.41) is 12.8. The van der Waals surface area contributed by atoms with E-state index in [2.05, 4.69) is 5.32 Å². The predicted octanol–water partition coefficient (Wildman–Crippen LogP) is -2.08. The van der Waals surface area contributed by atoms with Crippen LogP contribution in [0.25, 0.3) is 0 Å². The Balaban J connectivity index is 2.83. The number of rotatable bonds is 1. The van der Waals surface area contributed by atoms with E-state index in [1.54, 1.807) is 0 Å². The molecule has 5 N–H and O–H groups in total. The van der Waals surface area contributed by atoms with Crippen molar-refractivity contribution in [3.8, 4) is 0 Å². The first-order valence-corrected chi connectivity index (χ1v) is 2.83. The van der Waals surface area contributed by atoms with Gasteiger partial charge in [-0.2, -0.15) is 0 Å². The van der Waals surface area contributed by atoms with E-state index in [0.717, 1.165) is 6.08 Å². The molecule has 1 aliphatic rings. The molecule has 1 heterocycles. The minimum atomic E-state index is -1.87. The number of nitrogens with two attached hydrogens (primary N) is 1. The highest BCUT2D eigenvalue weighted by Gasteiger charge is 2.35. The lowest BCUT2D eigenvalue weighted by Crippen LogP contribution is -2.70. The van der Waals surface area contributed by atoms with Crippen LogP contribution >= 0.6 is 0 Å². The maximum absolute atomic E-state index is 10.6. The molecule has 0 saturated carbocycles. The Hall–Kier alpha value is -1.56. The molecule has 0 aliphatic carbocycles. The monoisotopic (exact) mass is 157 g/mol. The second-order valence-electron chi connectivity index (χ2n) is 2.08. The van der Waals surface area contributed by atoms with Crippen molar-refractivity contribution < 1.29 is 14.7 Å². The largest absolute Gasteiger partial charge is 0.477 e. The highest BCUT2D eigenvalue weighted by molar-refractivity contribution is 5.93. The van der Waals surface area contributed by atoms with Crippen LogP contribution in [0.4, 0.5) is 0 Å². The van der Waals surface area contributed by atoms with Crippen molar-refractivity contribution in [3.63, 3.8) is 0 Å². The van der Waals surface area contributed by atoms with Crippen molar-refractivity contribution in [2.24, 2.45) is 5.73 Å². The third-order valence-corrected chi connectivity index (χ3v) is 1.20. The van der Waals surface area contributed by atoms with Gasteiger partial charge in [0.05, 0.1) is 0 Å². The zero-order chi connectivity index (χ0) is 8.48. The van der Waals surface area contributed by atoms with Gasteiger partial charge in [0.15, 0.2) is 0 Å². The third-order valence-electron chi connectivity index (χ3n) is 1.20. The lowest BCUT2D eigenvalue weighted by Gasteiger charge is -2.27. The van der Waals surface area contributed by atoms with Gasteiger partial charge in [-0.05, 0) is 0 Å². The minimum absolute atomic E-state index is 0.534. The number of amides is 1. The number of aliphatic carboxylic acids is 1. The molecule has 6 nitrogen and oxygen atoms in total. The van der Waals surface area contributed by atoms with Crippen LogP contribution in [0.2, 0.25) is 0 Å². The Morgan fingerprint density at radius 2 is 2.36 bits per heavy atom. The molecule has 1 aliphatic heterocycles. The predicted molar refractivity (Wildman–Crippen MR) is 35.0 cm³/mol. The second-order valence-corrected chi connectivity index (χ2v) is 2.08. The topological polar surface area (TPSA) is 104 Å². The van der Waals surface area contributed by atoms with Crippen molar-refractivity contribution in [2.45, 2.75) is 5.79 Å². The van der Waals surface area contributed by atoms with Gasteiger partial charge in [-0.3, -0.25) is 10.5 Å². The molecule has 11 heavy (non-hydrogen) atoms. The quantitative estimate of drug-likeness (QED) is 0.349. The van der Waals surface area contributed by atoms with Crippen LogP contribution in [0.1, 0.15) is 0 Å². The average molecular weight is 157 g/mol. The van der Waals surface area contributed by atoms with Gasteiger partial charge in [0.25, 0.3) is 5.79 Å². The van der Waals surface area contributed by atoms with E-state index in [1.165, 1.54) is 6.20 Å². The average Bonchev–Trinajstić information content (AvgIpc) is 1.86. The summed E-state index contributed by atoms with van der Waals surface area (Å²) in [6.45, 7) is 0. The summed E-state index contributed by atoms with van der Waals surface area (Å²) in [5.74, 6) is -3.74. The SMILES string of the molecule is NC1(C(=O)O)NC=CC(=O)N1. The van der Waals surface area contributed by atoms with Gasteiger partial charge in [-0.1, -0.05) is 0 Å². The molecule has 60 valence electrons. The van der Waals surface area contributed by atoms with Crippen molar-refractivity contribution in [2.75, 3.05) is 0 Å². The van der Waals surface area contributed by atoms with Crippen LogP contribution in [0.3, 0.4) is 0 Å². The van der Waals surface area contributed by atoms with E-state index >= 15 is 0 Å². The lowest BCUT2D eigenvalue weighted by molar-refractivity contribution is -0.148. The van der Waals surface area contributed by atoms with Gasteiger partial charge in [-0.15, -0.1) is 0 Å². The highest BCUT2D eigenvalue weighted by Crippen LogP contribution is 1.95. The van der Waals surface area contributed by atoms with Crippen molar-refractivity contribution in [1.29, 1.82) is 0 Å². The molecule has 6 heteroatoms. The molecule has 1 unspecified atom stereocenters.